The van der Waals surface area contributed by atoms with E-state index in [9.17, 15) is 14.4 Å². The standard InChI is InChI=1S/C19H20N2O5/c1-13-6-5-7-15(10-13)11-25-17-9-4-3-8-16(17)19(24)26-12-18(23)21-20-14(2)22/h3-10H,11-12H2,1-2H3,(H,20,22)(H,21,23). The Morgan fingerprint density at radius 3 is 2.50 bits per heavy atom. The van der Waals surface area contributed by atoms with Crippen LogP contribution in [0, 0.1) is 6.92 Å². The first-order chi connectivity index (χ1) is 12.5. The van der Waals surface area contributed by atoms with Gasteiger partial charge in [0.05, 0.1) is 0 Å². The van der Waals surface area contributed by atoms with Crippen molar-refractivity contribution < 1.29 is 23.9 Å². The van der Waals surface area contributed by atoms with Gasteiger partial charge in [0.25, 0.3) is 5.91 Å². The summed E-state index contributed by atoms with van der Waals surface area (Å²) in [7, 11) is 0. The zero-order valence-corrected chi connectivity index (χ0v) is 14.6. The molecule has 0 heterocycles. The fourth-order valence-corrected chi connectivity index (χ4v) is 2.13. The Bertz CT molecular complexity index is 804. The quantitative estimate of drug-likeness (QED) is 0.609. The smallest absolute Gasteiger partial charge is 0.342 e. The van der Waals surface area contributed by atoms with Crippen LogP contribution in [0.5, 0.6) is 5.75 Å². The normalized spacial score (nSPS) is 9.92. The molecule has 0 radical (unpaired) electrons. The lowest BCUT2D eigenvalue weighted by molar-refractivity contribution is -0.129. The van der Waals surface area contributed by atoms with E-state index < -0.39 is 24.4 Å². The highest BCUT2D eigenvalue weighted by Crippen LogP contribution is 2.20. The molecule has 7 nitrogen and oxygen atoms in total. The van der Waals surface area contributed by atoms with E-state index >= 15 is 0 Å². The van der Waals surface area contributed by atoms with E-state index in [1.807, 2.05) is 31.2 Å². The van der Waals surface area contributed by atoms with E-state index in [0.717, 1.165) is 11.1 Å². The molecule has 2 N–H and O–H groups in total. The van der Waals surface area contributed by atoms with Gasteiger partial charge >= 0.3 is 5.97 Å². The second kappa shape index (κ2) is 9.22. The van der Waals surface area contributed by atoms with Crippen LogP contribution in [0.15, 0.2) is 48.5 Å². The number of hydrazine groups is 1. The molecule has 136 valence electrons. The van der Waals surface area contributed by atoms with E-state index in [1.54, 1.807) is 24.3 Å². The molecular formula is C19H20N2O5. The van der Waals surface area contributed by atoms with Crippen molar-refractivity contribution in [3.63, 3.8) is 0 Å². The van der Waals surface area contributed by atoms with Crippen LogP contribution in [0.25, 0.3) is 0 Å². The Morgan fingerprint density at radius 1 is 1.00 bits per heavy atom. The summed E-state index contributed by atoms with van der Waals surface area (Å²) in [4.78, 5) is 34.4. The molecule has 0 aliphatic carbocycles. The fraction of sp³-hybridized carbons (Fsp3) is 0.211. The van der Waals surface area contributed by atoms with Gasteiger partial charge < -0.3 is 9.47 Å². The minimum Gasteiger partial charge on any atom is -0.488 e. The monoisotopic (exact) mass is 356 g/mol. The maximum Gasteiger partial charge on any atom is 0.342 e. The number of esters is 1. The average molecular weight is 356 g/mol. The van der Waals surface area contributed by atoms with E-state index in [4.69, 9.17) is 9.47 Å². The number of rotatable bonds is 6. The third-order valence-electron chi connectivity index (χ3n) is 3.30. The number of carbonyl (C=O) groups excluding carboxylic acids is 3. The van der Waals surface area contributed by atoms with E-state index in [1.165, 1.54) is 6.92 Å². The largest absolute Gasteiger partial charge is 0.488 e. The molecule has 0 saturated carbocycles. The minimum absolute atomic E-state index is 0.215. The molecular weight excluding hydrogens is 336 g/mol. The van der Waals surface area contributed by atoms with Gasteiger partial charge in [-0.25, -0.2) is 4.79 Å². The number of aryl methyl sites for hydroxylation is 1. The van der Waals surface area contributed by atoms with Gasteiger partial charge in [-0.15, -0.1) is 0 Å². The molecule has 0 aliphatic rings. The highest BCUT2D eigenvalue weighted by Gasteiger charge is 2.15. The zero-order chi connectivity index (χ0) is 18.9. The summed E-state index contributed by atoms with van der Waals surface area (Å²) in [6.45, 7) is 3.01. The molecule has 2 amide bonds. The van der Waals surface area contributed by atoms with Crippen LogP contribution in [0.2, 0.25) is 0 Å². The third-order valence-corrected chi connectivity index (χ3v) is 3.30. The summed E-state index contributed by atoms with van der Waals surface area (Å²) in [6, 6.07) is 14.5. The predicted molar refractivity (Wildman–Crippen MR) is 94.2 cm³/mol. The number of carbonyl (C=O) groups is 3. The molecule has 0 fully saturated rings. The molecule has 0 spiro atoms. The Kier molecular flexibility index (Phi) is 6.73. The summed E-state index contributed by atoms with van der Waals surface area (Å²) >= 11 is 0. The number of amides is 2. The van der Waals surface area contributed by atoms with Crippen LogP contribution in [0.3, 0.4) is 0 Å². The first-order valence-electron chi connectivity index (χ1n) is 7.95. The zero-order valence-electron chi connectivity index (χ0n) is 14.6. The van der Waals surface area contributed by atoms with Crippen molar-refractivity contribution in [3.8, 4) is 5.75 Å². The summed E-state index contributed by atoms with van der Waals surface area (Å²) in [5.41, 5.74) is 6.52. The molecule has 2 rings (SSSR count). The van der Waals surface area contributed by atoms with Crippen molar-refractivity contribution in [1.82, 2.24) is 10.9 Å². The molecule has 0 aromatic heterocycles. The minimum atomic E-state index is -0.692. The lowest BCUT2D eigenvalue weighted by Crippen LogP contribution is -2.42. The number of nitrogens with one attached hydrogen (secondary N) is 2. The third kappa shape index (κ3) is 5.94. The van der Waals surface area contributed by atoms with E-state index in [0.29, 0.717) is 12.4 Å². The van der Waals surface area contributed by atoms with E-state index in [2.05, 4.69) is 10.9 Å². The van der Waals surface area contributed by atoms with Crippen LogP contribution in [0.4, 0.5) is 0 Å². The van der Waals surface area contributed by atoms with Crippen LogP contribution in [0.1, 0.15) is 28.4 Å². The average Bonchev–Trinajstić information content (AvgIpc) is 2.63. The lowest BCUT2D eigenvalue weighted by Gasteiger charge is -2.12. The molecule has 0 aliphatic heterocycles. The lowest BCUT2D eigenvalue weighted by atomic mass is 10.1. The number of hydrogen-bond acceptors (Lipinski definition) is 5. The summed E-state index contributed by atoms with van der Waals surface area (Å²) in [5, 5.41) is 0. The molecule has 2 aromatic carbocycles. The number of para-hydroxylation sites is 1. The Morgan fingerprint density at radius 2 is 1.77 bits per heavy atom. The first-order valence-corrected chi connectivity index (χ1v) is 7.95. The SMILES string of the molecule is CC(=O)NNC(=O)COC(=O)c1ccccc1OCc1cccc(C)c1. The highest BCUT2D eigenvalue weighted by atomic mass is 16.5. The van der Waals surface area contributed by atoms with Gasteiger partial charge in [0.1, 0.15) is 17.9 Å². The van der Waals surface area contributed by atoms with E-state index in [-0.39, 0.29) is 5.56 Å². The van der Waals surface area contributed by atoms with Crippen molar-refractivity contribution in [2.75, 3.05) is 6.61 Å². The molecule has 0 unspecified atom stereocenters. The number of ether oxygens (including phenoxy) is 2. The van der Waals surface area contributed by atoms with Gasteiger partial charge in [-0.2, -0.15) is 0 Å². The van der Waals surface area contributed by atoms with Crippen LogP contribution >= 0.6 is 0 Å². The molecule has 0 saturated heterocycles. The first kappa shape index (κ1) is 19.0. The Balaban J connectivity index is 1.95. The topological polar surface area (TPSA) is 93.7 Å². The maximum absolute atomic E-state index is 12.2. The van der Waals surface area contributed by atoms with Crippen molar-refractivity contribution in [1.29, 1.82) is 0 Å². The molecule has 2 aromatic rings. The maximum atomic E-state index is 12.2. The Labute approximate surface area is 151 Å². The second-order valence-corrected chi connectivity index (χ2v) is 5.58. The molecule has 0 bridgehead atoms. The second-order valence-electron chi connectivity index (χ2n) is 5.58. The van der Waals surface area contributed by atoms with Gasteiger partial charge in [0, 0.05) is 6.92 Å². The van der Waals surface area contributed by atoms with Crippen molar-refractivity contribution in [2.45, 2.75) is 20.5 Å². The van der Waals surface area contributed by atoms with Crippen LogP contribution < -0.4 is 15.6 Å². The van der Waals surface area contributed by atoms with Crippen LogP contribution in [-0.4, -0.2) is 24.4 Å². The summed E-state index contributed by atoms with van der Waals surface area (Å²) in [5.74, 6) is -1.41. The van der Waals surface area contributed by atoms with Gasteiger partial charge in [-0.05, 0) is 24.6 Å². The molecule has 7 heteroatoms. The fourth-order valence-electron chi connectivity index (χ4n) is 2.13. The van der Waals surface area contributed by atoms with Crippen LogP contribution in [-0.2, 0) is 20.9 Å². The summed E-state index contributed by atoms with van der Waals surface area (Å²) in [6.07, 6.45) is 0. The van der Waals surface area contributed by atoms with Crippen molar-refractivity contribution in [3.05, 3.63) is 65.2 Å². The van der Waals surface area contributed by atoms with Crippen molar-refractivity contribution in [2.24, 2.45) is 0 Å². The highest BCUT2D eigenvalue weighted by molar-refractivity contribution is 5.94. The van der Waals surface area contributed by atoms with Gasteiger partial charge in [0.15, 0.2) is 6.61 Å². The van der Waals surface area contributed by atoms with Gasteiger partial charge in [-0.3, -0.25) is 20.4 Å². The summed E-state index contributed by atoms with van der Waals surface area (Å²) < 4.78 is 10.7. The van der Waals surface area contributed by atoms with Crippen molar-refractivity contribution >= 4 is 17.8 Å². The molecule has 0 atom stereocenters. The van der Waals surface area contributed by atoms with Gasteiger partial charge in [0.2, 0.25) is 5.91 Å². The Hall–Kier alpha value is -3.35. The predicted octanol–water partition coefficient (Wildman–Crippen LogP) is 1.90. The number of hydrogen-bond donors (Lipinski definition) is 2. The van der Waals surface area contributed by atoms with Gasteiger partial charge in [-0.1, -0.05) is 42.0 Å². The number of benzene rings is 2. The molecule has 26 heavy (non-hydrogen) atoms.